The van der Waals surface area contributed by atoms with Crippen molar-refractivity contribution >= 4 is 40.3 Å². The maximum Gasteiger partial charge on any atom is 0.356 e. The minimum absolute atomic E-state index is 0.0364. The smallest absolute Gasteiger partial charge is 0.356 e. The number of halogens is 1. The number of nitrogens with zero attached hydrogens (tertiary/aromatic N) is 4. The number of aromatic nitrogens is 2. The second-order valence-electron chi connectivity index (χ2n) is 7.34. The summed E-state index contributed by atoms with van der Waals surface area (Å²) in [6.45, 7) is 10.7. The predicted octanol–water partition coefficient (Wildman–Crippen LogP) is 4.65. The van der Waals surface area contributed by atoms with Crippen LogP contribution in [0.25, 0.3) is 4.91 Å². The molecule has 164 valence electrons. The van der Waals surface area contributed by atoms with Gasteiger partial charge in [0.05, 0.1) is 0 Å². The van der Waals surface area contributed by atoms with Crippen molar-refractivity contribution in [3.8, 4) is 0 Å². The average Bonchev–Trinajstić information content (AvgIpc) is 3.24. The van der Waals surface area contributed by atoms with Gasteiger partial charge in [-0.05, 0) is 43.0 Å². The van der Waals surface area contributed by atoms with E-state index >= 15 is 0 Å². The van der Waals surface area contributed by atoms with E-state index in [1.54, 1.807) is 16.7 Å². The number of piperazine rings is 1. The lowest BCUT2D eigenvalue weighted by Crippen LogP contribution is -2.54. The highest BCUT2D eigenvalue weighted by Crippen LogP contribution is 2.32. The summed E-state index contributed by atoms with van der Waals surface area (Å²) >= 11 is 7.91. The molecule has 7 nitrogen and oxygen atoms in total. The van der Waals surface area contributed by atoms with Crippen LogP contribution in [0.4, 0.5) is 4.79 Å². The second kappa shape index (κ2) is 10.2. The number of hydrogen-bond donors (Lipinski definition) is 1. The highest BCUT2D eigenvalue weighted by molar-refractivity contribution is 8.10. The van der Waals surface area contributed by atoms with Gasteiger partial charge < -0.3 is 10.0 Å². The maximum absolute atomic E-state index is 12.7. The summed E-state index contributed by atoms with van der Waals surface area (Å²) in [5, 5.41) is 15.5. The summed E-state index contributed by atoms with van der Waals surface area (Å²) in [6.07, 6.45) is 3.35. The molecule has 1 saturated heterocycles. The van der Waals surface area contributed by atoms with Crippen LogP contribution in [0.15, 0.2) is 48.5 Å². The molecule has 1 aliphatic rings. The molecule has 1 amide bonds. The number of carbonyl (C=O) groups is 2. The third kappa shape index (κ3) is 5.58. The fourth-order valence-electron chi connectivity index (χ4n) is 3.49. The van der Waals surface area contributed by atoms with Gasteiger partial charge in [0.25, 0.3) is 0 Å². The SMILES string of the molecule is C=C(S/C=C\C)c1cc(CN2CCN(C(=O)n3ccc(C(=O)O)n3)[C@H](C)C2)ccc1Cl. The summed E-state index contributed by atoms with van der Waals surface area (Å²) in [5.41, 5.74) is 1.91. The lowest BCUT2D eigenvalue weighted by molar-refractivity contribution is 0.0689. The van der Waals surface area contributed by atoms with Crippen molar-refractivity contribution in [2.45, 2.75) is 26.4 Å². The number of carboxylic acids is 1. The maximum atomic E-state index is 12.7. The Kier molecular flexibility index (Phi) is 7.59. The van der Waals surface area contributed by atoms with Gasteiger partial charge in [-0.25, -0.2) is 9.59 Å². The van der Waals surface area contributed by atoms with Gasteiger partial charge in [0.2, 0.25) is 0 Å². The minimum atomic E-state index is -1.15. The van der Waals surface area contributed by atoms with Gasteiger partial charge in [-0.1, -0.05) is 42.1 Å². The molecule has 1 atom stereocenters. The molecule has 0 unspecified atom stereocenters. The van der Waals surface area contributed by atoms with Gasteiger partial charge in [-0.15, -0.1) is 0 Å². The fourth-order valence-corrected chi connectivity index (χ4v) is 4.38. The standard InChI is InChI=1S/C22H25ClN4O3S/c1-4-11-31-16(3)18-12-17(5-6-19(18)23)14-25-9-10-26(15(2)13-25)22(30)27-8-7-20(24-27)21(28)29/h4-8,11-12,15H,3,9-10,13-14H2,1-2H3,(H,28,29)/b11-4-/t15-/m1/s1. The zero-order valence-electron chi connectivity index (χ0n) is 17.5. The van der Waals surface area contributed by atoms with Crippen LogP contribution >= 0.6 is 23.4 Å². The first-order valence-corrected chi connectivity index (χ1v) is 11.1. The number of allylic oxidation sites excluding steroid dienone is 1. The quantitative estimate of drug-likeness (QED) is 0.676. The molecule has 0 spiro atoms. The molecule has 31 heavy (non-hydrogen) atoms. The summed E-state index contributed by atoms with van der Waals surface area (Å²) in [5.74, 6) is -1.15. The Morgan fingerprint density at radius 2 is 2.13 bits per heavy atom. The molecule has 1 aromatic heterocycles. The molecule has 2 aromatic rings. The molecule has 1 fully saturated rings. The number of carboxylic acid groups (broad SMARTS) is 1. The van der Waals surface area contributed by atoms with Crippen molar-refractivity contribution in [3.05, 3.63) is 70.4 Å². The molecule has 1 aliphatic heterocycles. The summed E-state index contributed by atoms with van der Waals surface area (Å²) < 4.78 is 1.09. The van der Waals surface area contributed by atoms with E-state index in [-0.39, 0.29) is 17.8 Å². The van der Waals surface area contributed by atoms with E-state index in [2.05, 4.69) is 22.6 Å². The minimum Gasteiger partial charge on any atom is -0.476 e. The second-order valence-corrected chi connectivity index (χ2v) is 8.74. The van der Waals surface area contributed by atoms with Crippen LogP contribution in [0.1, 0.15) is 35.5 Å². The number of amides is 1. The van der Waals surface area contributed by atoms with Gasteiger partial charge in [0.1, 0.15) is 0 Å². The summed E-state index contributed by atoms with van der Waals surface area (Å²) in [6, 6.07) is 6.95. The zero-order chi connectivity index (χ0) is 22.5. The Morgan fingerprint density at radius 1 is 1.35 bits per heavy atom. The van der Waals surface area contributed by atoms with E-state index in [1.165, 1.54) is 12.3 Å². The Balaban J connectivity index is 1.64. The highest BCUT2D eigenvalue weighted by Gasteiger charge is 2.29. The molecular formula is C22H25ClN4O3S. The molecule has 1 N–H and O–H groups in total. The number of carbonyl (C=O) groups excluding carboxylic acids is 1. The van der Waals surface area contributed by atoms with Crippen LogP contribution in [-0.2, 0) is 6.54 Å². The number of thioether (sulfide) groups is 1. The molecule has 9 heteroatoms. The average molecular weight is 461 g/mol. The van der Waals surface area contributed by atoms with Crippen molar-refractivity contribution in [2.75, 3.05) is 19.6 Å². The van der Waals surface area contributed by atoms with E-state index in [9.17, 15) is 9.59 Å². The topological polar surface area (TPSA) is 78.7 Å². The Morgan fingerprint density at radius 3 is 2.77 bits per heavy atom. The van der Waals surface area contributed by atoms with E-state index in [4.69, 9.17) is 16.7 Å². The van der Waals surface area contributed by atoms with Crippen LogP contribution in [0.5, 0.6) is 0 Å². The van der Waals surface area contributed by atoms with Crippen LogP contribution in [0, 0.1) is 0 Å². The fraction of sp³-hybridized carbons (Fsp3) is 0.318. The molecule has 2 heterocycles. The van der Waals surface area contributed by atoms with Crippen LogP contribution in [-0.4, -0.2) is 62.4 Å². The van der Waals surface area contributed by atoms with Crippen molar-refractivity contribution in [1.29, 1.82) is 0 Å². The number of benzene rings is 1. The van der Waals surface area contributed by atoms with Crippen molar-refractivity contribution < 1.29 is 14.7 Å². The molecule has 3 rings (SSSR count). The monoisotopic (exact) mass is 460 g/mol. The first-order valence-electron chi connectivity index (χ1n) is 9.88. The Hall–Kier alpha value is -2.55. The summed E-state index contributed by atoms with van der Waals surface area (Å²) in [4.78, 5) is 28.6. The van der Waals surface area contributed by atoms with Gasteiger partial charge in [-0.3, -0.25) is 4.90 Å². The van der Waals surface area contributed by atoms with Gasteiger partial charge >= 0.3 is 12.0 Å². The Labute approximate surface area is 191 Å². The number of aromatic carboxylic acids is 1. The van der Waals surface area contributed by atoms with Gasteiger partial charge in [-0.2, -0.15) is 9.78 Å². The Bertz CT molecular complexity index is 1020. The molecule has 0 aliphatic carbocycles. The van der Waals surface area contributed by atoms with Crippen LogP contribution in [0.3, 0.4) is 0 Å². The van der Waals surface area contributed by atoms with Crippen molar-refractivity contribution in [2.24, 2.45) is 0 Å². The van der Waals surface area contributed by atoms with E-state index in [1.807, 2.05) is 37.5 Å². The number of rotatable bonds is 6. The lowest BCUT2D eigenvalue weighted by Gasteiger charge is -2.39. The van der Waals surface area contributed by atoms with Crippen LogP contribution < -0.4 is 0 Å². The largest absolute Gasteiger partial charge is 0.476 e. The van der Waals surface area contributed by atoms with Gasteiger partial charge in [0, 0.05) is 53.9 Å². The van der Waals surface area contributed by atoms with Gasteiger partial charge in [0.15, 0.2) is 5.69 Å². The van der Waals surface area contributed by atoms with E-state index < -0.39 is 5.97 Å². The predicted molar refractivity (Wildman–Crippen MR) is 124 cm³/mol. The highest BCUT2D eigenvalue weighted by atomic mass is 35.5. The van der Waals surface area contributed by atoms with Crippen molar-refractivity contribution in [3.63, 3.8) is 0 Å². The lowest BCUT2D eigenvalue weighted by atomic mass is 10.1. The van der Waals surface area contributed by atoms with E-state index in [0.29, 0.717) is 24.7 Å². The third-order valence-corrected chi connectivity index (χ3v) is 6.29. The molecule has 0 bridgehead atoms. The third-order valence-electron chi connectivity index (χ3n) is 5.05. The molecule has 1 aromatic carbocycles. The first-order chi connectivity index (χ1) is 14.8. The normalized spacial score (nSPS) is 17.3. The number of hydrogen-bond acceptors (Lipinski definition) is 5. The zero-order valence-corrected chi connectivity index (χ0v) is 19.1. The van der Waals surface area contributed by atoms with E-state index in [0.717, 1.165) is 27.3 Å². The summed E-state index contributed by atoms with van der Waals surface area (Å²) in [7, 11) is 0. The molecular weight excluding hydrogens is 436 g/mol. The van der Waals surface area contributed by atoms with Crippen LogP contribution in [0.2, 0.25) is 5.02 Å². The van der Waals surface area contributed by atoms with Crippen molar-refractivity contribution in [1.82, 2.24) is 19.6 Å². The first kappa shape index (κ1) is 23.1. The molecule has 0 saturated carbocycles. The molecule has 0 radical (unpaired) electrons.